The Kier molecular flexibility index (Phi) is 7.44. The van der Waals surface area contributed by atoms with Crippen LogP contribution >= 0.6 is 0 Å². The van der Waals surface area contributed by atoms with Crippen LogP contribution in [0.1, 0.15) is 34.1 Å². The highest BCUT2D eigenvalue weighted by Crippen LogP contribution is 2.12. The Labute approximate surface area is 115 Å². The van der Waals surface area contributed by atoms with Crippen LogP contribution in [-0.4, -0.2) is 54.7 Å². The molecule has 19 heavy (non-hydrogen) atoms. The van der Waals surface area contributed by atoms with E-state index in [1.807, 2.05) is 7.05 Å². The van der Waals surface area contributed by atoms with Gasteiger partial charge in [-0.3, -0.25) is 4.79 Å². The smallest absolute Gasteiger partial charge is 0.314 e. The van der Waals surface area contributed by atoms with E-state index < -0.39 is 11.4 Å². The molecule has 6 nitrogen and oxygen atoms in total. The summed E-state index contributed by atoms with van der Waals surface area (Å²) in [6, 6.07) is 0.173. The molecule has 0 fully saturated rings. The summed E-state index contributed by atoms with van der Waals surface area (Å²) in [7, 11) is 2.04. The first kappa shape index (κ1) is 17.7. The number of carboxylic acid groups (broad SMARTS) is 1. The molecule has 0 unspecified atom stereocenters. The topological polar surface area (TPSA) is 81.7 Å². The first-order valence-corrected chi connectivity index (χ1v) is 6.62. The van der Waals surface area contributed by atoms with E-state index in [1.54, 1.807) is 13.8 Å². The van der Waals surface area contributed by atoms with E-state index in [2.05, 4.69) is 29.4 Å². The second-order valence-electron chi connectivity index (χ2n) is 5.73. The molecule has 0 rings (SSSR count). The minimum atomic E-state index is -0.949. The lowest BCUT2D eigenvalue weighted by Crippen LogP contribution is -2.44. The van der Waals surface area contributed by atoms with Crippen LogP contribution in [-0.2, 0) is 4.79 Å². The normalized spacial score (nSPS) is 11.7. The summed E-state index contributed by atoms with van der Waals surface area (Å²) in [6.07, 6.45) is 0.865. The standard InChI is InChI=1S/C13H27N3O3/c1-10(2)16(5)8-6-7-14-12(19)15-9-13(3,4)11(17)18/h10H,6-9H2,1-5H3,(H,17,18)(H2,14,15,19). The van der Waals surface area contributed by atoms with Crippen LogP contribution in [0.3, 0.4) is 0 Å². The zero-order chi connectivity index (χ0) is 15.1. The molecule has 0 aromatic carbocycles. The summed E-state index contributed by atoms with van der Waals surface area (Å²) in [5.74, 6) is -0.925. The number of nitrogens with one attached hydrogen (secondary N) is 2. The predicted molar refractivity (Wildman–Crippen MR) is 75.2 cm³/mol. The Bertz CT molecular complexity index is 304. The average Bonchev–Trinajstić information content (AvgIpc) is 2.31. The Hall–Kier alpha value is -1.30. The number of hydrogen-bond acceptors (Lipinski definition) is 3. The molecule has 3 N–H and O–H groups in total. The monoisotopic (exact) mass is 273 g/mol. The third-order valence-corrected chi connectivity index (χ3v) is 3.12. The van der Waals surface area contributed by atoms with Gasteiger partial charge in [-0.1, -0.05) is 0 Å². The van der Waals surface area contributed by atoms with E-state index in [0.717, 1.165) is 13.0 Å². The SMILES string of the molecule is CC(C)N(C)CCCNC(=O)NCC(C)(C)C(=O)O. The molecule has 2 amide bonds. The quantitative estimate of drug-likeness (QED) is 0.579. The van der Waals surface area contributed by atoms with Crippen molar-refractivity contribution in [3.05, 3.63) is 0 Å². The van der Waals surface area contributed by atoms with Gasteiger partial charge in [-0.25, -0.2) is 4.79 Å². The molecule has 112 valence electrons. The molecule has 0 aromatic rings. The number of aliphatic carboxylic acids is 1. The van der Waals surface area contributed by atoms with Crippen LogP contribution in [0, 0.1) is 5.41 Å². The van der Waals surface area contributed by atoms with Crippen LogP contribution in [0.15, 0.2) is 0 Å². The molecule has 6 heteroatoms. The second-order valence-corrected chi connectivity index (χ2v) is 5.73. The molecule has 0 atom stereocenters. The molecule has 0 saturated heterocycles. The van der Waals surface area contributed by atoms with Gasteiger partial charge in [-0.2, -0.15) is 0 Å². The van der Waals surface area contributed by atoms with E-state index in [0.29, 0.717) is 12.6 Å². The third-order valence-electron chi connectivity index (χ3n) is 3.12. The van der Waals surface area contributed by atoms with Gasteiger partial charge >= 0.3 is 12.0 Å². The van der Waals surface area contributed by atoms with Crippen molar-refractivity contribution in [3.8, 4) is 0 Å². The Morgan fingerprint density at radius 3 is 2.32 bits per heavy atom. The van der Waals surface area contributed by atoms with E-state index in [1.165, 1.54) is 0 Å². The number of carbonyl (C=O) groups is 2. The Morgan fingerprint density at radius 1 is 1.26 bits per heavy atom. The van der Waals surface area contributed by atoms with E-state index in [-0.39, 0.29) is 12.6 Å². The van der Waals surface area contributed by atoms with Crippen molar-refractivity contribution in [1.29, 1.82) is 0 Å². The zero-order valence-corrected chi connectivity index (χ0v) is 12.6. The maximum atomic E-state index is 11.5. The molecule has 0 aromatic heterocycles. The van der Waals surface area contributed by atoms with Gasteiger partial charge in [0.2, 0.25) is 0 Å². The number of hydrogen-bond donors (Lipinski definition) is 3. The van der Waals surface area contributed by atoms with Gasteiger partial charge in [0, 0.05) is 19.1 Å². The van der Waals surface area contributed by atoms with Gasteiger partial charge in [0.15, 0.2) is 0 Å². The van der Waals surface area contributed by atoms with Crippen molar-refractivity contribution in [1.82, 2.24) is 15.5 Å². The average molecular weight is 273 g/mol. The Balaban J connectivity index is 3.75. The van der Waals surface area contributed by atoms with Crippen molar-refractivity contribution < 1.29 is 14.7 Å². The lowest BCUT2D eigenvalue weighted by molar-refractivity contribution is -0.146. The van der Waals surface area contributed by atoms with Crippen LogP contribution in [0.4, 0.5) is 4.79 Å². The minimum Gasteiger partial charge on any atom is -0.481 e. The second kappa shape index (κ2) is 7.99. The molecular formula is C13H27N3O3. The largest absolute Gasteiger partial charge is 0.481 e. The lowest BCUT2D eigenvalue weighted by Gasteiger charge is -2.21. The highest BCUT2D eigenvalue weighted by Gasteiger charge is 2.27. The summed E-state index contributed by atoms with van der Waals surface area (Å²) in [6.45, 7) is 9.00. The first-order valence-electron chi connectivity index (χ1n) is 6.62. The molecule has 0 heterocycles. The van der Waals surface area contributed by atoms with Gasteiger partial charge in [0.1, 0.15) is 0 Å². The molecular weight excluding hydrogens is 246 g/mol. The number of carboxylic acids is 1. The molecule has 0 spiro atoms. The fraction of sp³-hybridized carbons (Fsp3) is 0.846. The summed E-state index contributed by atoms with van der Waals surface area (Å²) in [5.41, 5.74) is -0.949. The fourth-order valence-corrected chi connectivity index (χ4v) is 1.23. The van der Waals surface area contributed by atoms with Gasteiger partial charge in [-0.05, 0) is 47.7 Å². The number of amides is 2. The van der Waals surface area contributed by atoms with Gasteiger partial charge < -0.3 is 20.6 Å². The van der Waals surface area contributed by atoms with E-state index in [9.17, 15) is 9.59 Å². The summed E-state index contributed by atoms with van der Waals surface area (Å²) < 4.78 is 0. The van der Waals surface area contributed by atoms with Gasteiger partial charge in [0.25, 0.3) is 0 Å². The van der Waals surface area contributed by atoms with Crippen molar-refractivity contribution in [2.45, 2.75) is 40.2 Å². The highest BCUT2D eigenvalue weighted by molar-refractivity contribution is 5.77. The number of carbonyl (C=O) groups excluding carboxylic acids is 1. The molecule has 0 radical (unpaired) electrons. The molecule has 0 aliphatic rings. The van der Waals surface area contributed by atoms with Crippen molar-refractivity contribution >= 4 is 12.0 Å². The van der Waals surface area contributed by atoms with E-state index >= 15 is 0 Å². The number of nitrogens with zero attached hydrogens (tertiary/aromatic N) is 1. The molecule has 0 bridgehead atoms. The summed E-state index contributed by atoms with van der Waals surface area (Å²) in [5, 5.41) is 14.2. The van der Waals surface area contributed by atoms with Crippen molar-refractivity contribution in [2.75, 3.05) is 26.7 Å². The molecule has 0 saturated carbocycles. The minimum absolute atomic E-state index is 0.111. The molecule has 0 aliphatic carbocycles. The number of urea groups is 1. The summed E-state index contributed by atoms with van der Waals surface area (Å²) in [4.78, 5) is 24.5. The van der Waals surface area contributed by atoms with Crippen molar-refractivity contribution in [2.24, 2.45) is 5.41 Å². The predicted octanol–water partition coefficient (Wildman–Crippen LogP) is 1.13. The molecule has 0 aliphatic heterocycles. The van der Waals surface area contributed by atoms with Crippen LogP contribution < -0.4 is 10.6 Å². The van der Waals surface area contributed by atoms with Gasteiger partial charge in [0.05, 0.1) is 5.41 Å². The van der Waals surface area contributed by atoms with E-state index in [4.69, 9.17) is 5.11 Å². The van der Waals surface area contributed by atoms with Crippen molar-refractivity contribution in [3.63, 3.8) is 0 Å². The maximum Gasteiger partial charge on any atom is 0.314 e. The van der Waals surface area contributed by atoms with Crippen LogP contribution in [0.25, 0.3) is 0 Å². The fourth-order valence-electron chi connectivity index (χ4n) is 1.23. The first-order chi connectivity index (χ1) is 8.66. The Morgan fingerprint density at radius 2 is 1.84 bits per heavy atom. The summed E-state index contributed by atoms with van der Waals surface area (Å²) >= 11 is 0. The van der Waals surface area contributed by atoms with Crippen LogP contribution in [0.2, 0.25) is 0 Å². The lowest BCUT2D eigenvalue weighted by atomic mass is 9.94. The zero-order valence-electron chi connectivity index (χ0n) is 12.6. The number of rotatable bonds is 8. The van der Waals surface area contributed by atoms with Crippen LogP contribution in [0.5, 0.6) is 0 Å². The highest BCUT2D eigenvalue weighted by atomic mass is 16.4. The maximum absolute atomic E-state index is 11.5. The van der Waals surface area contributed by atoms with Gasteiger partial charge in [-0.15, -0.1) is 0 Å². The third kappa shape index (κ3) is 7.66.